The van der Waals surface area contributed by atoms with E-state index in [0.29, 0.717) is 29.4 Å². The third kappa shape index (κ3) is 10.5. The van der Waals surface area contributed by atoms with Crippen molar-refractivity contribution in [3.63, 3.8) is 0 Å². The Kier molecular flexibility index (Phi) is 13.6. The predicted molar refractivity (Wildman–Crippen MR) is 172 cm³/mol. The molecule has 1 fully saturated rings. The highest BCUT2D eigenvalue weighted by molar-refractivity contribution is 7.52. The molecule has 45 heavy (non-hydrogen) atoms. The molecule has 4 rings (SSSR count). The van der Waals surface area contributed by atoms with Crippen LogP contribution in [0.5, 0.6) is 5.75 Å². The van der Waals surface area contributed by atoms with E-state index < -0.39 is 38.1 Å². The molecule has 0 radical (unpaired) electrons. The van der Waals surface area contributed by atoms with Crippen LogP contribution in [-0.2, 0) is 23.4 Å². The molecule has 1 saturated heterocycles. The largest absolute Gasteiger partial charge is 0.465 e. The summed E-state index contributed by atoms with van der Waals surface area (Å²) >= 11 is 0. The van der Waals surface area contributed by atoms with E-state index in [2.05, 4.69) is 22.1 Å². The smallest absolute Gasteiger partial charge is 0.459 e. The fourth-order valence-corrected chi connectivity index (χ4v) is 6.85. The second-order valence-electron chi connectivity index (χ2n) is 11.6. The summed E-state index contributed by atoms with van der Waals surface area (Å²) in [5.41, 5.74) is 7.27. The molecular formula is C32H48N5O7P. The van der Waals surface area contributed by atoms with Crippen molar-refractivity contribution in [2.45, 2.75) is 109 Å². The maximum atomic E-state index is 13.9. The van der Waals surface area contributed by atoms with Gasteiger partial charge in [0, 0.05) is 6.42 Å². The van der Waals surface area contributed by atoms with Crippen molar-refractivity contribution >= 4 is 25.1 Å². The number of nitrogen functional groups attached to an aromatic ring is 1. The predicted octanol–water partition coefficient (Wildman–Crippen LogP) is 6.15. The van der Waals surface area contributed by atoms with Crippen LogP contribution in [0.15, 0.2) is 48.8 Å². The summed E-state index contributed by atoms with van der Waals surface area (Å²) < 4.78 is 38.6. The average molecular weight is 646 g/mol. The lowest BCUT2D eigenvalue weighted by molar-refractivity contribution is -0.145. The molecule has 4 N–H and O–H groups in total. The highest BCUT2D eigenvalue weighted by Gasteiger charge is 2.40. The first-order valence-corrected chi connectivity index (χ1v) is 17.7. The van der Waals surface area contributed by atoms with Crippen molar-refractivity contribution < 1.29 is 33.0 Å². The summed E-state index contributed by atoms with van der Waals surface area (Å²) in [6.45, 7) is 3.81. The van der Waals surface area contributed by atoms with Gasteiger partial charge in [0.1, 0.15) is 35.8 Å². The minimum Gasteiger partial charge on any atom is -0.465 e. The standard InChI is InChI=1S/C32H48N5O7P/c1-3-4-5-6-7-8-9-10-11-15-20-41-32(39)24(2)36-45(40,44-25-16-13-12-14-17-25)42-22-30-28(38)21-29(43-30)26-18-19-27-31(33)34-23-35-37(26)27/h12-14,16-19,23-24,28-30,38H,3-11,15,20-22H2,1-2H3,(H,36,40)(H2,33,34,35)/t24-,28-,29+,30+,45?/m0/s1. The molecule has 0 aliphatic carbocycles. The first-order chi connectivity index (χ1) is 21.8. The van der Waals surface area contributed by atoms with Gasteiger partial charge >= 0.3 is 13.7 Å². The number of nitrogens with two attached hydrogens (primary N) is 1. The molecule has 1 unspecified atom stereocenters. The zero-order valence-corrected chi connectivity index (χ0v) is 27.3. The number of ether oxygens (including phenoxy) is 2. The number of fused-ring (bicyclic) bond motifs is 1. The Hall–Kier alpha value is -3.02. The molecule has 13 heteroatoms. The molecule has 3 aromatic rings. The Labute approximate surface area is 265 Å². The van der Waals surface area contributed by atoms with Gasteiger partial charge in [-0.25, -0.2) is 14.1 Å². The Morgan fingerprint density at radius 3 is 2.49 bits per heavy atom. The van der Waals surface area contributed by atoms with E-state index in [0.717, 1.165) is 19.3 Å². The van der Waals surface area contributed by atoms with Crippen molar-refractivity contribution in [1.29, 1.82) is 0 Å². The Morgan fingerprint density at radius 1 is 1.09 bits per heavy atom. The van der Waals surface area contributed by atoms with Crippen molar-refractivity contribution in [3.8, 4) is 5.75 Å². The van der Waals surface area contributed by atoms with Crippen LogP contribution in [0, 0.1) is 0 Å². The Bertz CT molecular complexity index is 1370. The fourth-order valence-electron chi connectivity index (χ4n) is 5.34. The summed E-state index contributed by atoms with van der Waals surface area (Å²) in [5.74, 6) is 0.0721. The van der Waals surface area contributed by atoms with Crippen LogP contribution >= 0.6 is 7.75 Å². The van der Waals surface area contributed by atoms with Gasteiger partial charge in [0.25, 0.3) is 0 Å². The molecule has 0 amide bonds. The molecule has 3 heterocycles. The van der Waals surface area contributed by atoms with E-state index in [4.69, 9.17) is 24.3 Å². The molecule has 0 saturated carbocycles. The number of benzene rings is 1. The van der Waals surface area contributed by atoms with Crippen LogP contribution in [0.1, 0.15) is 96.3 Å². The number of para-hydroxylation sites is 1. The minimum absolute atomic E-state index is 0.254. The number of aromatic nitrogens is 3. The molecular weight excluding hydrogens is 597 g/mol. The molecule has 5 atom stereocenters. The van der Waals surface area contributed by atoms with E-state index in [9.17, 15) is 14.5 Å². The third-order valence-corrected chi connectivity index (χ3v) is 9.53. The van der Waals surface area contributed by atoms with Gasteiger partial charge in [0.05, 0.1) is 25.0 Å². The Morgan fingerprint density at radius 2 is 1.78 bits per heavy atom. The lowest BCUT2D eigenvalue weighted by Crippen LogP contribution is -2.36. The van der Waals surface area contributed by atoms with Gasteiger partial charge in [0.2, 0.25) is 0 Å². The minimum atomic E-state index is -4.11. The normalized spacial score (nSPS) is 20.2. The number of nitrogens with one attached hydrogen (secondary N) is 1. The van der Waals surface area contributed by atoms with Crippen molar-refractivity contribution in [2.24, 2.45) is 0 Å². The van der Waals surface area contributed by atoms with Crippen molar-refractivity contribution in [3.05, 3.63) is 54.5 Å². The molecule has 0 bridgehead atoms. The molecule has 1 aliphatic heterocycles. The number of carbonyl (C=O) groups is 1. The van der Waals surface area contributed by atoms with Crippen LogP contribution in [0.2, 0.25) is 0 Å². The molecule has 0 spiro atoms. The molecule has 2 aromatic heterocycles. The van der Waals surface area contributed by atoms with Crippen LogP contribution in [-0.4, -0.2) is 57.1 Å². The number of hydrogen-bond acceptors (Lipinski definition) is 10. The van der Waals surface area contributed by atoms with Gasteiger partial charge in [-0.3, -0.25) is 9.32 Å². The lowest BCUT2D eigenvalue weighted by Gasteiger charge is -2.24. The molecule has 12 nitrogen and oxygen atoms in total. The number of carbonyl (C=O) groups excluding carboxylic acids is 1. The maximum Gasteiger partial charge on any atom is 0.459 e. The first-order valence-electron chi connectivity index (χ1n) is 16.1. The van der Waals surface area contributed by atoms with E-state index in [-0.39, 0.29) is 13.0 Å². The summed E-state index contributed by atoms with van der Waals surface area (Å²) in [7, 11) is -4.11. The second kappa shape index (κ2) is 17.6. The highest BCUT2D eigenvalue weighted by atomic mass is 31.2. The van der Waals surface area contributed by atoms with E-state index in [1.807, 2.05) is 6.07 Å². The van der Waals surface area contributed by atoms with Crippen LogP contribution < -0.4 is 15.3 Å². The number of hydrogen-bond donors (Lipinski definition) is 3. The first kappa shape index (κ1) is 34.8. The lowest BCUT2D eigenvalue weighted by atomic mass is 10.1. The number of unbranched alkanes of at least 4 members (excludes halogenated alkanes) is 9. The number of aliphatic hydroxyl groups excluding tert-OH is 1. The average Bonchev–Trinajstić information content (AvgIpc) is 3.63. The van der Waals surface area contributed by atoms with Crippen molar-refractivity contribution in [2.75, 3.05) is 18.9 Å². The number of esters is 1. The summed E-state index contributed by atoms with van der Waals surface area (Å²) in [5, 5.41) is 17.7. The Balaban J connectivity index is 1.26. The van der Waals surface area contributed by atoms with E-state index in [1.165, 1.54) is 51.3 Å². The van der Waals surface area contributed by atoms with Gasteiger partial charge < -0.3 is 24.8 Å². The van der Waals surface area contributed by atoms with Gasteiger partial charge in [0.15, 0.2) is 5.82 Å². The second-order valence-corrected chi connectivity index (χ2v) is 13.3. The third-order valence-electron chi connectivity index (χ3n) is 7.89. The van der Waals surface area contributed by atoms with Gasteiger partial charge in [-0.1, -0.05) is 82.9 Å². The number of rotatable bonds is 20. The quantitative estimate of drug-likeness (QED) is 0.0735. The zero-order valence-electron chi connectivity index (χ0n) is 26.4. The number of anilines is 1. The van der Waals surface area contributed by atoms with E-state index >= 15 is 0 Å². The zero-order chi connectivity index (χ0) is 32.1. The van der Waals surface area contributed by atoms with Gasteiger partial charge in [-0.05, 0) is 37.6 Å². The molecule has 1 aromatic carbocycles. The van der Waals surface area contributed by atoms with Gasteiger partial charge in [-0.2, -0.15) is 10.2 Å². The highest BCUT2D eigenvalue weighted by Crippen LogP contribution is 2.46. The van der Waals surface area contributed by atoms with E-state index in [1.54, 1.807) is 47.8 Å². The summed E-state index contributed by atoms with van der Waals surface area (Å²) in [6, 6.07) is 11.2. The maximum absolute atomic E-state index is 13.9. The van der Waals surface area contributed by atoms with Crippen molar-refractivity contribution in [1.82, 2.24) is 19.7 Å². The topological polar surface area (TPSA) is 160 Å². The van der Waals surface area contributed by atoms with Crippen LogP contribution in [0.3, 0.4) is 0 Å². The summed E-state index contributed by atoms with van der Waals surface area (Å²) in [6.07, 6.45) is 11.2. The summed E-state index contributed by atoms with van der Waals surface area (Å²) in [4.78, 5) is 16.7. The molecule has 1 aliphatic rings. The SMILES string of the molecule is CCCCCCCCCCCCOC(=O)[C@H](C)NP(=O)(OC[C@H]1O[C@@H](c2ccc3c(N)ncnn23)C[C@@H]1O)Oc1ccccc1. The van der Waals surface area contributed by atoms with Gasteiger partial charge in [-0.15, -0.1) is 0 Å². The number of aliphatic hydroxyl groups is 1. The number of nitrogens with zero attached hydrogens (tertiary/aromatic N) is 3. The monoisotopic (exact) mass is 645 g/mol. The fraction of sp³-hybridized carbons (Fsp3) is 0.594. The molecule has 248 valence electrons. The van der Waals surface area contributed by atoms with Crippen LogP contribution in [0.4, 0.5) is 5.82 Å². The van der Waals surface area contributed by atoms with Crippen LogP contribution in [0.25, 0.3) is 5.52 Å².